The predicted octanol–water partition coefficient (Wildman–Crippen LogP) is 3.62. The van der Waals surface area contributed by atoms with Gasteiger partial charge in [0.15, 0.2) is 17.5 Å². The third kappa shape index (κ3) is 7.53. The number of nitrogens with one attached hydrogen (secondary N) is 2. The van der Waals surface area contributed by atoms with Crippen LogP contribution in [-0.2, 0) is 17.3 Å². The van der Waals surface area contributed by atoms with Crippen LogP contribution in [0.3, 0.4) is 0 Å². The molecule has 1 aromatic rings. The number of rotatable bonds is 10. The van der Waals surface area contributed by atoms with E-state index in [1.54, 1.807) is 7.11 Å². The number of hydrogen-bond donors (Lipinski definition) is 2. The van der Waals surface area contributed by atoms with Gasteiger partial charge in [0, 0.05) is 34.4 Å². The zero-order valence-corrected chi connectivity index (χ0v) is 19.1. The van der Waals surface area contributed by atoms with E-state index in [-0.39, 0.29) is 0 Å². The van der Waals surface area contributed by atoms with E-state index in [4.69, 9.17) is 14.5 Å². The lowest BCUT2D eigenvalue weighted by Gasteiger charge is -2.30. The maximum atomic E-state index is 12.2. The largest absolute Gasteiger partial charge is 0.493 e. The summed E-state index contributed by atoms with van der Waals surface area (Å²) in [7, 11) is 0.938. The number of ether oxygens (including phenoxy) is 2. The molecule has 2 rings (SSSR count). The van der Waals surface area contributed by atoms with Gasteiger partial charge in [-0.15, -0.1) is 0 Å². The molecular formula is C22H37N3O3S. The molecule has 6 nitrogen and oxygen atoms in total. The van der Waals surface area contributed by atoms with Crippen LogP contribution < -0.4 is 20.1 Å². The molecule has 3 unspecified atom stereocenters. The summed E-state index contributed by atoms with van der Waals surface area (Å²) in [5, 5.41) is 7.19. The number of guanidine groups is 1. The Kier molecular flexibility index (Phi) is 10.3. The molecule has 0 spiro atoms. The fourth-order valence-electron chi connectivity index (χ4n) is 3.58. The zero-order valence-electron chi connectivity index (χ0n) is 18.3. The molecule has 29 heavy (non-hydrogen) atoms. The number of hydrogen-bond acceptors (Lipinski definition) is 4. The van der Waals surface area contributed by atoms with Crippen LogP contribution >= 0.6 is 0 Å². The van der Waals surface area contributed by atoms with E-state index in [9.17, 15) is 4.21 Å². The van der Waals surface area contributed by atoms with Crippen molar-refractivity contribution in [2.75, 3.05) is 26.0 Å². The highest BCUT2D eigenvalue weighted by Crippen LogP contribution is 2.28. The molecule has 0 amide bonds. The Morgan fingerprint density at radius 3 is 2.76 bits per heavy atom. The van der Waals surface area contributed by atoms with Crippen molar-refractivity contribution in [1.82, 2.24) is 10.6 Å². The van der Waals surface area contributed by atoms with Gasteiger partial charge in [0.1, 0.15) is 0 Å². The molecule has 0 saturated heterocycles. The molecule has 164 valence electrons. The Balaban J connectivity index is 2.02. The normalized spacial score (nSPS) is 20.8. The lowest BCUT2D eigenvalue weighted by molar-refractivity contribution is 0.294. The topological polar surface area (TPSA) is 72.0 Å². The van der Waals surface area contributed by atoms with E-state index in [2.05, 4.69) is 24.5 Å². The first-order valence-electron chi connectivity index (χ1n) is 10.8. The van der Waals surface area contributed by atoms with Gasteiger partial charge in [-0.2, -0.15) is 0 Å². The summed E-state index contributed by atoms with van der Waals surface area (Å²) in [6, 6.07) is 6.29. The quantitative estimate of drug-likeness (QED) is 0.444. The van der Waals surface area contributed by atoms with Gasteiger partial charge in [0.25, 0.3) is 0 Å². The van der Waals surface area contributed by atoms with E-state index in [0.29, 0.717) is 24.4 Å². The Labute approximate surface area is 178 Å². The Hall–Kier alpha value is -1.76. The molecular weight excluding hydrogens is 386 g/mol. The minimum atomic E-state index is -0.721. The molecule has 0 heterocycles. The molecule has 1 fully saturated rings. The third-order valence-electron chi connectivity index (χ3n) is 5.08. The summed E-state index contributed by atoms with van der Waals surface area (Å²) < 4.78 is 23.4. The maximum absolute atomic E-state index is 12.2. The molecule has 1 aliphatic rings. The van der Waals surface area contributed by atoms with Gasteiger partial charge in [0.05, 0.1) is 20.3 Å². The first-order chi connectivity index (χ1) is 14.1. The molecule has 7 heteroatoms. The lowest BCUT2D eigenvalue weighted by atomic mass is 9.95. The standard InChI is InChI=1S/C22H37N3O3S/c1-5-13-28-20-12-11-17(14-21(20)27-4)16-24-22(23-6-2)25-18-9-8-10-19(15-18)29(26)7-3/h11-12,14,18-19H,5-10,13,15-16H2,1-4H3,(H2,23,24,25). The van der Waals surface area contributed by atoms with Crippen molar-refractivity contribution in [3.8, 4) is 11.5 Å². The second kappa shape index (κ2) is 12.7. The third-order valence-corrected chi connectivity index (χ3v) is 6.82. The van der Waals surface area contributed by atoms with Crippen LogP contribution in [0.15, 0.2) is 23.2 Å². The SMILES string of the molecule is CCCOc1ccc(CN=C(NCC)NC2CCCC(S(=O)CC)C2)cc1OC. The second-order valence-corrected chi connectivity index (χ2v) is 9.33. The van der Waals surface area contributed by atoms with Crippen molar-refractivity contribution in [1.29, 1.82) is 0 Å². The number of benzene rings is 1. The highest BCUT2D eigenvalue weighted by molar-refractivity contribution is 7.85. The molecule has 1 aliphatic carbocycles. The average Bonchev–Trinajstić information content (AvgIpc) is 2.76. The molecule has 0 bridgehead atoms. The van der Waals surface area contributed by atoms with Gasteiger partial charge in [-0.1, -0.05) is 26.3 Å². The molecule has 2 N–H and O–H groups in total. The highest BCUT2D eigenvalue weighted by atomic mass is 32.2. The smallest absolute Gasteiger partial charge is 0.191 e. The summed E-state index contributed by atoms with van der Waals surface area (Å²) in [6.45, 7) is 8.18. The van der Waals surface area contributed by atoms with Crippen molar-refractivity contribution in [2.24, 2.45) is 4.99 Å². The number of methoxy groups -OCH3 is 1. The van der Waals surface area contributed by atoms with Gasteiger partial charge in [-0.25, -0.2) is 4.99 Å². The minimum absolute atomic E-state index is 0.300. The van der Waals surface area contributed by atoms with Crippen molar-refractivity contribution in [3.63, 3.8) is 0 Å². The van der Waals surface area contributed by atoms with Gasteiger partial charge < -0.3 is 20.1 Å². The lowest BCUT2D eigenvalue weighted by Crippen LogP contribution is -2.46. The molecule has 3 atom stereocenters. The highest BCUT2D eigenvalue weighted by Gasteiger charge is 2.26. The van der Waals surface area contributed by atoms with Crippen LogP contribution in [0.1, 0.15) is 58.4 Å². The molecule has 1 saturated carbocycles. The van der Waals surface area contributed by atoms with Crippen molar-refractivity contribution < 1.29 is 13.7 Å². The minimum Gasteiger partial charge on any atom is -0.493 e. The van der Waals surface area contributed by atoms with Crippen LogP contribution in [0.5, 0.6) is 11.5 Å². The van der Waals surface area contributed by atoms with Crippen LogP contribution in [0.25, 0.3) is 0 Å². The summed E-state index contributed by atoms with van der Waals surface area (Å²) in [5.74, 6) is 3.06. The maximum Gasteiger partial charge on any atom is 0.191 e. The van der Waals surface area contributed by atoms with E-state index >= 15 is 0 Å². The van der Waals surface area contributed by atoms with Crippen LogP contribution in [-0.4, -0.2) is 47.5 Å². The summed E-state index contributed by atoms with van der Waals surface area (Å²) in [4.78, 5) is 4.76. The summed E-state index contributed by atoms with van der Waals surface area (Å²) in [6.07, 6.45) is 5.19. The van der Waals surface area contributed by atoms with E-state index in [1.165, 1.54) is 0 Å². The van der Waals surface area contributed by atoms with Crippen LogP contribution in [0.2, 0.25) is 0 Å². The average molecular weight is 424 g/mol. The summed E-state index contributed by atoms with van der Waals surface area (Å²) in [5.41, 5.74) is 1.07. The van der Waals surface area contributed by atoms with Gasteiger partial charge >= 0.3 is 0 Å². The zero-order chi connectivity index (χ0) is 21.1. The summed E-state index contributed by atoms with van der Waals surface area (Å²) >= 11 is 0. The Bertz CT molecular complexity index is 681. The van der Waals surface area contributed by atoms with Crippen molar-refractivity contribution in [3.05, 3.63) is 23.8 Å². The molecule has 0 radical (unpaired) electrons. The molecule has 0 aliphatic heterocycles. The van der Waals surface area contributed by atoms with E-state index in [1.807, 2.05) is 25.1 Å². The van der Waals surface area contributed by atoms with Crippen molar-refractivity contribution in [2.45, 2.75) is 70.7 Å². The first-order valence-corrected chi connectivity index (χ1v) is 12.2. The molecule has 0 aromatic heterocycles. The molecule has 1 aromatic carbocycles. The van der Waals surface area contributed by atoms with E-state index in [0.717, 1.165) is 67.4 Å². The Morgan fingerprint density at radius 1 is 1.24 bits per heavy atom. The predicted molar refractivity (Wildman–Crippen MR) is 121 cm³/mol. The Morgan fingerprint density at radius 2 is 2.07 bits per heavy atom. The number of aliphatic imine (C=N–C) groups is 1. The van der Waals surface area contributed by atoms with Gasteiger partial charge in [0.2, 0.25) is 0 Å². The van der Waals surface area contributed by atoms with Crippen molar-refractivity contribution >= 4 is 16.8 Å². The van der Waals surface area contributed by atoms with Gasteiger partial charge in [-0.3, -0.25) is 4.21 Å². The second-order valence-electron chi connectivity index (χ2n) is 7.33. The van der Waals surface area contributed by atoms with Crippen LogP contribution in [0.4, 0.5) is 0 Å². The van der Waals surface area contributed by atoms with E-state index < -0.39 is 10.8 Å². The first kappa shape index (κ1) is 23.5. The van der Waals surface area contributed by atoms with Crippen LogP contribution in [0, 0.1) is 0 Å². The number of nitrogens with zero attached hydrogens (tertiary/aromatic N) is 1. The fourth-order valence-corrected chi connectivity index (χ4v) is 4.92. The fraction of sp³-hybridized carbons (Fsp3) is 0.682. The monoisotopic (exact) mass is 423 g/mol. The van der Waals surface area contributed by atoms with Gasteiger partial charge in [-0.05, 0) is 50.3 Å².